The lowest BCUT2D eigenvalue weighted by molar-refractivity contribution is -0.139. The Morgan fingerprint density at radius 1 is 1.19 bits per heavy atom. The second kappa shape index (κ2) is 6.68. The molecule has 1 aromatic heterocycles. The van der Waals surface area contributed by atoms with E-state index < -0.39 is 0 Å². The van der Waals surface area contributed by atoms with Crippen molar-refractivity contribution in [3.05, 3.63) is 39.2 Å². The molecule has 2 aromatic rings. The number of piperidine rings is 1. The minimum absolute atomic E-state index is 0.0455. The van der Waals surface area contributed by atoms with E-state index in [-0.39, 0.29) is 36.3 Å². The number of fused-ring (bicyclic) bond motifs is 3. The molecular weight excluding hydrogens is 346 g/mol. The molecule has 0 aliphatic carbocycles. The lowest BCUT2D eigenvalue weighted by Gasteiger charge is -2.37. The van der Waals surface area contributed by atoms with Crippen LogP contribution in [0.5, 0.6) is 5.75 Å². The average Bonchev–Trinajstić information content (AvgIpc) is 2.88. The lowest BCUT2D eigenvalue weighted by Crippen LogP contribution is -2.49. The topological polar surface area (TPSA) is 80.0 Å². The molecule has 144 valence electrons. The summed E-state index contributed by atoms with van der Waals surface area (Å²) in [4.78, 5) is 26.7. The maximum atomic E-state index is 12.8. The largest absolute Gasteiger partial charge is 0.483 e. The van der Waals surface area contributed by atoms with Gasteiger partial charge in [-0.15, -0.1) is 0 Å². The van der Waals surface area contributed by atoms with Crippen LogP contribution in [0.3, 0.4) is 0 Å². The molecule has 0 saturated carbocycles. The summed E-state index contributed by atoms with van der Waals surface area (Å²) in [7, 11) is 0. The smallest absolute Gasteiger partial charge is 0.339 e. The van der Waals surface area contributed by atoms with E-state index in [1.54, 1.807) is 6.92 Å². The highest BCUT2D eigenvalue weighted by atomic mass is 16.5. The van der Waals surface area contributed by atoms with Crippen LogP contribution in [0.1, 0.15) is 42.4 Å². The number of hydrogen-bond acceptors (Lipinski definition) is 5. The quantitative estimate of drug-likeness (QED) is 0.839. The van der Waals surface area contributed by atoms with Crippen molar-refractivity contribution in [2.45, 2.75) is 64.6 Å². The molecule has 2 aliphatic heterocycles. The molecular formula is C21H25NO5. The van der Waals surface area contributed by atoms with Crippen molar-refractivity contribution in [2.24, 2.45) is 0 Å². The second-order valence-corrected chi connectivity index (χ2v) is 7.88. The summed E-state index contributed by atoms with van der Waals surface area (Å²) in [6.07, 6.45) is 2.90. The van der Waals surface area contributed by atoms with Crippen molar-refractivity contribution >= 4 is 16.9 Å². The van der Waals surface area contributed by atoms with Gasteiger partial charge < -0.3 is 19.2 Å². The normalized spacial score (nSPS) is 24.4. The molecule has 3 heterocycles. The molecule has 0 radical (unpaired) electrons. The number of aliphatic hydroxyl groups is 1. The maximum Gasteiger partial charge on any atom is 0.339 e. The Morgan fingerprint density at radius 2 is 1.85 bits per heavy atom. The van der Waals surface area contributed by atoms with Gasteiger partial charge in [0.05, 0.1) is 11.5 Å². The predicted octanol–water partition coefficient (Wildman–Crippen LogP) is 2.61. The summed E-state index contributed by atoms with van der Waals surface area (Å²) >= 11 is 0. The van der Waals surface area contributed by atoms with Crippen LogP contribution >= 0.6 is 0 Å². The number of rotatable bonds is 3. The Bertz CT molecular complexity index is 949. The van der Waals surface area contributed by atoms with Crippen molar-refractivity contribution < 1.29 is 19.1 Å². The first-order valence-corrected chi connectivity index (χ1v) is 9.52. The monoisotopic (exact) mass is 371 g/mol. The van der Waals surface area contributed by atoms with E-state index in [1.165, 1.54) is 0 Å². The summed E-state index contributed by atoms with van der Waals surface area (Å²) in [6.45, 7) is 5.44. The van der Waals surface area contributed by atoms with Crippen LogP contribution in [0.25, 0.3) is 11.0 Å². The molecule has 1 N–H and O–H groups in total. The van der Waals surface area contributed by atoms with Crippen molar-refractivity contribution in [3.63, 3.8) is 0 Å². The molecule has 0 spiro atoms. The van der Waals surface area contributed by atoms with Crippen LogP contribution in [0.4, 0.5) is 0 Å². The molecule has 2 aliphatic rings. The van der Waals surface area contributed by atoms with Gasteiger partial charge >= 0.3 is 5.63 Å². The molecule has 1 amide bonds. The van der Waals surface area contributed by atoms with Crippen LogP contribution in [-0.2, 0) is 4.79 Å². The van der Waals surface area contributed by atoms with Crippen LogP contribution in [0.2, 0.25) is 0 Å². The van der Waals surface area contributed by atoms with Gasteiger partial charge in [-0.05, 0) is 69.7 Å². The number of carbonyl (C=O) groups excluding carboxylic acids is 1. The zero-order valence-electron chi connectivity index (χ0n) is 15.9. The lowest BCUT2D eigenvalue weighted by atomic mass is 10.00. The average molecular weight is 371 g/mol. The summed E-state index contributed by atoms with van der Waals surface area (Å²) in [5.74, 6) is 0.517. The molecule has 1 unspecified atom stereocenters. The number of ether oxygens (including phenoxy) is 1. The molecule has 2 saturated heterocycles. The van der Waals surface area contributed by atoms with Crippen LogP contribution in [-0.4, -0.2) is 40.7 Å². The van der Waals surface area contributed by atoms with Gasteiger partial charge in [-0.1, -0.05) is 0 Å². The second-order valence-electron chi connectivity index (χ2n) is 7.88. The Balaban J connectivity index is 1.60. The molecule has 2 fully saturated rings. The van der Waals surface area contributed by atoms with Gasteiger partial charge in [-0.3, -0.25) is 4.79 Å². The minimum Gasteiger partial charge on any atom is -0.483 e. The SMILES string of the molecule is Cc1cc(OCC(=O)N2[C@@H]3CC[C@H]2CC(O)C3)c2c(C)c(C)c(=O)oc2c1. The molecule has 4 rings (SSSR count). The van der Waals surface area contributed by atoms with Gasteiger partial charge in [0.15, 0.2) is 6.61 Å². The summed E-state index contributed by atoms with van der Waals surface area (Å²) < 4.78 is 11.3. The first kappa shape index (κ1) is 18.0. The van der Waals surface area contributed by atoms with Gasteiger partial charge in [0.1, 0.15) is 11.3 Å². The molecule has 6 heteroatoms. The van der Waals surface area contributed by atoms with E-state index in [9.17, 15) is 14.7 Å². The Kier molecular flexibility index (Phi) is 4.46. The van der Waals surface area contributed by atoms with Gasteiger partial charge in [-0.25, -0.2) is 4.79 Å². The number of amides is 1. The van der Waals surface area contributed by atoms with Gasteiger partial charge in [0.25, 0.3) is 5.91 Å². The molecule has 1 aromatic carbocycles. The van der Waals surface area contributed by atoms with Crippen molar-refractivity contribution in [1.82, 2.24) is 4.90 Å². The van der Waals surface area contributed by atoms with Crippen molar-refractivity contribution in [2.75, 3.05) is 6.61 Å². The fourth-order valence-corrected chi connectivity index (χ4v) is 4.57. The standard InChI is InChI=1S/C21H25NO5/c1-11-6-17(20-12(2)13(3)21(25)27-18(20)7-11)26-10-19(24)22-14-4-5-15(22)9-16(23)8-14/h6-7,14-16,23H,4-5,8-10H2,1-3H3/t14-,15+,16?. The first-order chi connectivity index (χ1) is 12.8. The molecule has 6 nitrogen and oxygen atoms in total. The molecule has 27 heavy (non-hydrogen) atoms. The number of aliphatic hydroxyl groups excluding tert-OH is 1. The fraction of sp³-hybridized carbons (Fsp3) is 0.524. The Labute approximate surface area is 157 Å². The first-order valence-electron chi connectivity index (χ1n) is 9.52. The van der Waals surface area contributed by atoms with E-state index in [2.05, 4.69) is 0 Å². The number of aryl methyl sites for hydroxylation is 2. The van der Waals surface area contributed by atoms with Crippen molar-refractivity contribution in [3.8, 4) is 5.75 Å². The predicted molar refractivity (Wildman–Crippen MR) is 101 cm³/mol. The highest BCUT2D eigenvalue weighted by Gasteiger charge is 2.42. The highest BCUT2D eigenvalue weighted by molar-refractivity contribution is 5.88. The fourth-order valence-electron chi connectivity index (χ4n) is 4.57. The van der Waals surface area contributed by atoms with Crippen LogP contribution in [0, 0.1) is 20.8 Å². The van der Waals surface area contributed by atoms with E-state index >= 15 is 0 Å². The highest BCUT2D eigenvalue weighted by Crippen LogP contribution is 2.36. The van der Waals surface area contributed by atoms with Gasteiger partial charge in [-0.2, -0.15) is 0 Å². The zero-order valence-corrected chi connectivity index (χ0v) is 15.9. The van der Waals surface area contributed by atoms with Gasteiger partial charge in [0.2, 0.25) is 0 Å². The summed E-state index contributed by atoms with van der Waals surface area (Å²) in [6, 6.07) is 3.91. The van der Waals surface area contributed by atoms with E-state index in [4.69, 9.17) is 9.15 Å². The Hall–Kier alpha value is -2.34. The van der Waals surface area contributed by atoms with E-state index in [0.29, 0.717) is 29.7 Å². The number of carbonyl (C=O) groups is 1. The number of nitrogens with zero attached hydrogens (tertiary/aromatic N) is 1. The summed E-state index contributed by atoms with van der Waals surface area (Å²) in [5.41, 5.74) is 2.38. The van der Waals surface area contributed by atoms with E-state index in [1.807, 2.05) is 30.9 Å². The minimum atomic E-state index is -0.351. The van der Waals surface area contributed by atoms with E-state index in [0.717, 1.165) is 29.4 Å². The molecule has 3 atom stereocenters. The van der Waals surface area contributed by atoms with Gasteiger partial charge in [0, 0.05) is 17.6 Å². The van der Waals surface area contributed by atoms with Crippen LogP contribution in [0.15, 0.2) is 21.3 Å². The van der Waals surface area contributed by atoms with Crippen molar-refractivity contribution in [1.29, 1.82) is 0 Å². The third-order valence-corrected chi connectivity index (χ3v) is 6.00. The molecule has 2 bridgehead atoms. The summed E-state index contributed by atoms with van der Waals surface area (Å²) in [5, 5.41) is 10.7. The van der Waals surface area contributed by atoms with Crippen LogP contribution < -0.4 is 10.4 Å². The number of hydrogen-bond donors (Lipinski definition) is 1. The maximum absolute atomic E-state index is 12.8. The third kappa shape index (κ3) is 3.12. The third-order valence-electron chi connectivity index (χ3n) is 6.00. The number of benzene rings is 1. The Morgan fingerprint density at radius 3 is 2.52 bits per heavy atom. The zero-order chi connectivity index (χ0) is 19.3.